The summed E-state index contributed by atoms with van der Waals surface area (Å²) in [7, 11) is 0. The molecule has 10 atom stereocenters. The van der Waals surface area contributed by atoms with Gasteiger partial charge < -0.3 is 9.47 Å². The third-order valence-electron chi connectivity index (χ3n) is 8.90. The van der Waals surface area contributed by atoms with Crippen molar-refractivity contribution in [2.45, 2.75) is 65.2 Å². The van der Waals surface area contributed by atoms with Crippen LogP contribution in [0.25, 0.3) is 0 Å². The van der Waals surface area contributed by atoms with Gasteiger partial charge in [0.1, 0.15) is 6.79 Å². The predicted octanol–water partition coefficient (Wildman–Crippen LogP) is 5.52. The van der Waals surface area contributed by atoms with Crippen LogP contribution in [-0.4, -0.2) is 25.2 Å². The first-order valence-electron chi connectivity index (χ1n) is 10.5. The monoisotopic (exact) mass is 374 g/mol. The molecule has 0 aromatic carbocycles. The predicted molar refractivity (Wildman–Crippen MR) is 93.3 cm³/mol. The van der Waals surface area contributed by atoms with Crippen LogP contribution in [-0.2, 0) is 9.47 Å². The van der Waals surface area contributed by atoms with E-state index in [2.05, 4.69) is 13.8 Å². The molecule has 10 unspecified atom stereocenters. The van der Waals surface area contributed by atoms with Crippen molar-refractivity contribution in [3.63, 3.8) is 0 Å². The lowest BCUT2D eigenvalue weighted by atomic mass is 9.61. The van der Waals surface area contributed by atoms with E-state index in [1.54, 1.807) is 6.92 Å². The number of hydrogen-bond donors (Lipinski definition) is 0. The molecule has 2 nitrogen and oxygen atoms in total. The standard InChI is InChI=1S/C21H33F3O2/c1-5-25-10-26-20(4,21(22,23)24)9-14-6-13-7-17(14)19-16-8-15(18(13)19)11(2)12(16)3/h11-19H,5-10H2,1-4H3. The smallest absolute Gasteiger partial charge is 0.356 e. The largest absolute Gasteiger partial charge is 0.417 e. The lowest BCUT2D eigenvalue weighted by Crippen LogP contribution is -2.48. The zero-order valence-corrected chi connectivity index (χ0v) is 16.4. The first kappa shape index (κ1) is 19.0. The van der Waals surface area contributed by atoms with Gasteiger partial charge in [0, 0.05) is 6.61 Å². The van der Waals surface area contributed by atoms with E-state index in [0.29, 0.717) is 24.4 Å². The first-order chi connectivity index (χ1) is 12.2. The lowest BCUT2D eigenvalue weighted by Gasteiger charge is -2.45. The van der Waals surface area contributed by atoms with E-state index in [0.717, 1.165) is 42.4 Å². The highest BCUT2D eigenvalue weighted by Gasteiger charge is 2.67. The van der Waals surface area contributed by atoms with Gasteiger partial charge in [-0.2, -0.15) is 13.2 Å². The van der Waals surface area contributed by atoms with Crippen LogP contribution in [0.4, 0.5) is 13.2 Å². The molecule has 0 spiro atoms. The van der Waals surface area contributed by atoms with Crippen molar-refractivity contribution >= 4 is 0 Å². The lowest BCUT2D eigenvalue weighted by molar-refractivity contribution is -0.298. The fourth-order valence-electron chi connectivity index (χ4n) is 7.61. The molecule has 0 saturated heterocycles. The SMILES string of the molecule is CCOCOC(C)(CC1CC2CC1C1C3CC(C(C)C3C)C21)C(F)(F)F. The number of fused-ring (bicyclic) bond motifs is 9. The molecule has 4 fully saturated rings. The van der Waals surface area contributed by atoms with E-state index in [1.807, 2.05) is 0 Å². The van der Waals surface area contributed by atoms with Crippen LogP contribution < -0.4 is 0 Å². The van der Waals surface area contributed by atoms with Gasteiger partial charge in [0.25, 0.3) is 0 Å². The topological polar surface area (TPSA) is 18.5 Å². The Labute approximate surface area is 155 Å². The van der Waals surface area contributed by atoms with Crippen molar-refractivity contribution in [3.05, 3.63) is 0 Å². The van der Waals surface area contributed by atoms with Gasteiger partial charge >= 0.3 is 6.18 Å². The minimum Gasteiger partial charge on any atom is -0.356 e. The maximum absolute atomic E-state index is 13.8. The minimum absolute atomic E-state index is 0.0925. The van der Waals surface area contributed by atoms with E-state index in [4.69, 9.17) is 9.47 Å². The minimum atomic E-state index is -4.36. The van der Waals surface area contributed by atoms with Gasteiger partial charge in [0.15, 0.2) is 5.60 Å². The Balaban J connectivity index is 1.48. The second kappa shape index (κ2) is 6.37. The first-order valence-corrected chi connectivity index (χ1v) is 10.5. The summed E-state index contributed by atoms with van der Waals surface area (Å²) in [5, 5.41) is 0. The van der Waals surface area contributed by atoms with Crippen LogP contribution in [0.15, 0.2) is 0 Å². The molecule has 0 radical (unpaired) electrons. The van der Waals surface area contributed by atoms with E-state index in [1.165, 1.54) is 13.3 Å². The van der Waals surface area contributed by atoms with Crippen LogP contribution in [0.2, 0.25) is 0 Å². The molecule has 26 heavy (non-hydrogen) atoms. The fraction of sp³-hybridized carbons (Fsp3) is 1.00. The highest BCUT2D eigenvalue weighted by molar-refractivity contribution is 5.14. The van der Waals surface area contributed by atoms with E-state index in [-0.39, 0.29) is 19.1 Å². The van der Waals surface area contributed by atoms with Crippen LogP contribution >= 0.6 is 0 Å². The maximum Gasteiger partial charge on any atom is 0.417 e. The molecule has 0 aliphatic heterocycles. The van der Waals surface area contributed by atoms with Gasteiger partial charge in [-0.1, -0.05) is 13.8 Å². The molecule has 0 amide bonds. The molecule has 4 rings (SSSR count). The van der Waals surface area contributed by atoms with E-state index in [9.17, 15) is 13.2 Å². The van der Waals surface area contributed by atoms with Gasteiger partial charge in [-0.15, -0.1) is 0 Å². The van der Waals surface area contributed by atoms with Crippen molar-refractivity contribution in [1.82, 2.24) is 0 Å². The van der Waals surface area contributed by atoms with Crippen molar-refractivity contribution < 1.29 is 22.6 Å². The third kappa shape index (κ3) is 2.67. The average Bonchev–Trinajstić information content (AvgIpc) is 3.27. The van der Waals surface area contributed by atoms with Gasteiger partial charge in [0.2, 0.25) is 0 Å². The Morgan fingerprint density at radius 3 is 2.19 bits per heavy atom. The molecule has 4 aliphatic carbocycles. The number of ether oxygens (including phenoxy) is 2. The summed E-state index contributed by atoms with van der Waals surface area (Å²) in [4.78, 5) is 0. The van der Waals surface area contributed by atoms with Crippen molar-refractivity contribution in [2.75, 3.05) is 13.4 Å². The summed E-state index contributed by atoms with van der Waals surface area (Å²) < 4.78 is 51.7. The van der Waals surface area contributed by atoms with Crippen LogP contribution in [0.5, 0.6) is 0 Å². The number of rotatable bonds is 6. The highest BCUT2D eigenvalue weighted by Crippen LogP contribution is 2.72. The zero-order chi connectivity index (χ0) is 18.9. The quantitative estimate of drug-likeness (QED) is 0.346. The molecule has 0 aromatic heterocycles. The second-order valence-electron chi connectivity index (χ2n) is 9.78. The Morgan fingerprint density at radius 2 is 1.58 bits per heavy atom. The molecule has 150 valence electrons. The Kier molecular flexibility index (Phi) is 4.66. The Morgan fingerprint density at radius 1 is 0.923 bits per heavy atom. The highest BCUT2D eigenvalue weighted by atomic mass is 19.4. The number of hydrogen-bond acceptors (Lipinski definition) is 2. The molecule has 4 saturated carbocycles. The van der Waals surface area contributed by atoms with Crippen molar-refractivity contribution in [1.29, 1.82) is 0 Å². The Hall–Kier alpha value is -0.290. The third-order valence-corrected chi connectivity index (χ3v) is 8.90. The molecular formula is C21H33F3O2. The van der Waals surface area contributed by atoms with Gasteiger partial charge in [-0.3, -0.25) is 0 Å². The van der Waals surface area contributed by atoms with Crippen LogP contribution in [0.3, 0.4) is 0 Å². The van der Waals surface area contributed by atoms with Crippen molar-refractivity contribution in [2.24, 2.45) is 53.3 Å². The molecule has 4 bridgehead atoms. The number of halogens is 3. The van der Waals surface area contributed by atoms with Gasteiger partial charge in [-0.25, -0.2) is 0 Å². The summed E-state index contributed by atoms with van der Waals surface area (Å²) in [6.07, 6.45) is -0.808. The van der Waals surface area contributed by atoms with Crippen LogP contribution in [0, 0.1) is 53.3 Å². The summed E-state index contributed by atoms with van der Waals surface area (Å²) in [5.41, 5.74) is -2.09. The van der Waals surface area contributed by atoms with Gasteiger partial charge in [-0.05, 0) is 92.8 Å². The fourth-order valence-corrected chi connectivity index (χ4v) is 7.61. The van der Waals surface area contributed by atoms with Crippen molar-refractivity contribution in [3.8, 4) is 0 Å². The zero-order valence-electron chi connectivity index (χ0n) is 16.4. The molecule has 0 aromatic rings. The van der Waals surface area contributed by atoms with E-state index < -0.39 is 11.8 Å². The van der Waals surface area contributed by atoms with E-state index >= 15 is 0 Å². The molecule has 4 aliphatic rings. The number of alkyl halides is 3. The molecule has 0 N–H and O–H groups in total. The molecule has 0 heterocycles. The summed E-state index contributed by atoms with van der Waals surface area (Å²) in [5.74, 6) is 5.89. The van der Waals surface area contributed by atoms with Gasteiger partial charge in [0.05, 0.1) is 0 Å². The maximum atomic E-state index is 13.8. The average molecular weight is 374 g/mol. The summed E-state index contributed by atoms with van der Waals surface area (Å²) >= 11 is 0. The molecular weight excluding hydrogens is 341 g/mol. The normalized spacial score (nSPS) is 48.8. The second-order valence-corrected chi connectivity index (χ2v) is 9.78. The summed E-state index contributed by atoms with van der Waals surface area (Å²) in [6.45, 7) is 7.85. The van der Waals surface area contributed by atoms with Crippen LogP contribution in [0.1, 0.15) is 53.4 Å². The summed E-state index contributed by atoms with van der Waals surface area (Å²) in [6, 6.07) is 0. The Bertz CT molecular complexity index is 536. The molecule has 5 heteroatoms.